The average Bonchev–Trinajstić information content (AvgIpc) is 2.53. The molecule has 5 nitrogen and oxygen atoms in total. The molecule has 2 aromatic rings. The van der Waals surface area contributed by atoms with Gasteiger partial charge in [0.2, 0.25) is 0 Å². The van der Waals surface area contributed by atoms with Gasteiger partial charge in [-0.25, -0.2) is 4.98 Å². The number of fused-ring (bicyclic) bond motifs is 2. The van der Waals surface area contributed by atoms with Crippen molar-refractivity contribution in [3.63, 3.8) is 0 Å². The predicted octanol–water partition coefficient (Wildman–Crippen LogP) is 1.62. The van der Waals surface area contributed by atoms with Gasteiger partial charge in [0.15, 0.2) is 11.4 Å². The summed E-state index contributed by atoms with van der Waals surface area (Å²) in [5.74, 6) is 0.447. The first-order valence-corrected chi connectivity index (χ1v) is 6.14. The fraction of sp³-hybridized carbons (Fsp3) is 0.462. The quantitative estimate of drug-likeness (QED) is 0.764. The number of anilines is 1. The van der Waals surface area contributed by atoms with E-state index in [4.69, 9.17) is 5.73 Å². The molecule has 1 atom stereocenters. The van der Waals surface area contributed by atoms with Crippen LogP contribution in [0.1, 0.15) is 35.1 Å². The lowest BCUT2D eigenvalue weighted by Crippen LogP contribution is -2.21. The number of ketones is 1. The molecule has 1 unspecified atom stereocenters. The first-order valence-electron chi connectivity index (χ1n) is 6.14. The van der Waals surface area contributed by atoms with Crippen molar-refractivity contribution in [1.82, 2.24) is 14.8 Å². The zero-order chi connectivity index (χ0) is 13.0. The molecule has 0 radical (unpaired) electrons. The molecule has 0 aliphatic heterocycles. The summed E-state index contributed by atoms with van der Waals surface area (Å²) in [5, 5.41) is 5.15. The summed E-state index contributed by atoms with van der Waals surface area (Å²) in [5.41, 5.74) is 9.77. The lowest BCUT2D eigenvalue weighted by molar-refractivity contribution is 0.0953. The summed E-state index contributed by atoms with van der Waals surface area (Å²) in [6.07, 6.45) is 1.37. The van der Waals surface area contributed by atoms with Gasteiger partial charge in [-0.3, -0.25) is 9.48 Å². The Balaban J connectivity index is 2.40. The highest BCUT2D eigenvalue weighted by molar-refractivity contribution is 6.09. The number of hydrogen-bond donors (Lipinski definition) is 1. The molecule has 18 heavy (non-hydrogen) atoms. The van der Waals surface area contributed by atoms with Crippen molar-refractivity contribution in [1.29, 1.82) is 0 Å². The highest BCUT2D eigenvalue weighted by Crippen LogP contribution is 2.33. The third-order valence-corrected chi connectivity index (χ3v) is 3.61. The summed E-state index contributed by atoms with van der Waals surface area (Å²) >= 11 is 0. The molecule has 5 heteroatoms. The molecule has 0 saturated heterocycles. The third-order valence-electron chi connectivity index (χ3n) is 3.61. The van der Waals surface area contributed by atoms with Crippen molar-refractivity contribution in [2.45, 2.75) is 26.7 Å². The van der Waals surface area contributed by atoms with Crippen LogP contribution in [-0.4, -0.2) is 20.5 Å². The van der Waals surface area contributed by atoms with Gasteiger partial charge in [0.1, 0.15) is 0 Å². The normalized spacial score (nSPS) is 19.3. The summed E-state index contributed by atoms with van der Waals surface area (Å²) in [7, 11) is 1.85. The molecule has 94 valence electrons. The summed E-state index contributed by atoms with van der Waals surface area (Å²) < 4.78 is 1.73. The van der Waals surface area contributed by atoms with E-state index in [9.17, 15) is 4.79 Å². The number of carbonyl (C=O) groups is 1. The van der Waals surface area contributed by atoms with Gasteiger partial charge in [0, 0.05) is 13.5 Å². The minimum absolute atomic E-state index is 0.110. The molecular formula is C13H16N4O. The van der Waals surface area contributed by atoms with Crippen molar-refractivity contribution in [3.05, 3.63) is 17.0 Å². The maximum absolute atomic E-state index is 12.1. The third kappa shape index (κ3) is 1.36. The van der Waals surface area contributed by atoms with Crippen LogP contribution < -0.4 is 5.73 Å². The molecule has 0 bridgehead atoms. The van der Waals surface area contributed by atoms with Crippen LogP contribution in [0.2, 0.25) is 0 Å². The van der Waals surface area contributed by atoms with E-state index in [0.717, 1.165) is 28.8 Å². The second-order valence-electron chi connectivity index (χ2n) is 5.19. The van der Waals surface area contributed by atoms with Gasteiger partial charge in [-0.2, -0.15) is 5.10 Å². The summed E-state index contributed by atoms with van der Waals surface area (Å²) in [6.45, 7) is 3.96. The van der Waals surface area contributed by atoms with Crippen LogP contribution in [0.5, 0.6) is 0 Å². The number of hydrogen-bond acceptors (Lipinski definition) is 4. The number of aryl methyl sites for hydroxylation is 2. The minimum atomic E-state index is 0.110. The van der Waals surface area contributed by atoms with E-state index in [1.165, 1.54) is 0 Å². The first kappa shape index (κ1) is 11.2. The van der Waals surface area contributed by atoms with Gasteiger partial charge in [0.25, 0.3) is 0 Å². The average molecular weight is 244 g/mol. The van der Waals surface area contributed by atoms with Gasteiger partial charge < -0.3 is 5.73 Å². The van der Waals surface area contributed by atoms with Crippen LogP contribution >= 0.6 is 0 Å². The molecule has 0 saturated carbocycles. The van der Waals surface area contributed by atoms with E-state index in [1.54, 1.807) is 4.68 Å². The predicted molar refractivity (Wildman–Crippen MR) is 69.5 cm³/mol. The smallest absolute Gasteiger partial charge is 0.167 e. The topological polar surface area (TPSA) is 73.8 Å². The first-order chi connectivity index (χ1) is 8.49. The zero-order valence-electron chi connectivity index (χ0n) is 10.8. The Labute approximate surface area is 105 Å². The second kappa shape index (κ2) is 3.54. The van der Waals surface area contributed by atoms with Crippen molar-refractivity contribution >= 4 is 22.5 Å². The minimum Gasteiger partial charge on any atom is -0.397 e. The monoisotopic (exact) mass is 244 g/mol. The molecule has 2 aromatic heterocycles. The van der Waals surface area contributed by atoms with E-state index in [2.05, 4.69) is 17.0 Å². The number of Topliss-reactive ketones (excluding diaryl/α,β-unsaturated/α-hetero) is 1. The number of nitrogens with two attached hydrogens (primary N) is 1. The Morgan fingerprint density at radius 2 is 2.11 bits per heavy atom. The molecule has 2 N–H and O–H groups in total. The van der Waals surface area contributed by atoms with Crippen molar-refractivity contribution < 1.29 is 4.79 Å². The Kier molecular flexibility index (Phi) is 2.20. The maximum atomic E-state index is 12.1. The zero-order valence-corrected chi connectivity index (χ0v) is 10.8. The fourth-order valence-electron chi connectivity index (χ4n) is 2.83. The van der Waals surface area contributed by atoms with Crippen LogP contribution in [0.4, 0.5) is 5.69 Å². The Bertz CT molecular complexity index is 671. The summed E-state index contributed by atoms with van der Waals surface area (Å²) in [6, 6.07) is 0. The van der Waals surface area contributed by atoms with E-state index in [1.807, 2.05) is 14.0 Å². The number of nitrogen functional groups attached to an aromatic ring is 1. The lowest BCUT2D eigenvalue weighted by Gasteiger charge is -2.21. The van der Waals surface area contributed by atoms with Crippen molar-refractivity contribution in [3.8, 4) is 0 Å². The van der Waals surface area contributed by atoms with Crippen LogP contribution in [0.15, 0.2) is 0 Å². The SMILES string of the molecule is Cc1nn(C)c2nc3c(c(N)c12)C(=O)CC(C)C3. The lowest BCUT2D eigenvalue weighted by atomic mass is 9.86. The van der Waals surface area contributed by atoms with E-state index in [0.29, 0.717) is 23.6 Å². The second-order valence-corrected chi connectivity index (χ2v) is 5.19. The molecule has 0 aromatic carbocycles. The van der Waals surface area contributed by atoms with Gasteiger partial charge in [-0.1, -0.05) is 6.92 Å². The summed E-state index contributed by atoms with van der Waals surface area (Å²) in [4.78, 5) is 16.7. The number of aromatic nitrogens is 3. The van der Waals surface area contributed by atoms with Crippen LogP contribution in [0.3, 0.4) is 0 Å². The highest BCUT2D eigenvalue weighted by atomic mass is 16.1. The standard InChI is InChI=1S/C13H16N4O/c1-6-4-8-11(9(18)5-6)12(14)10-7(2)16-17(3)13(10)15-8/h6H,4-5H2,1-3H3,(H2,14,15). The van der Waals surface area contributed by atoms with Gasteiger partial charge >= 0.3 is 0 Å². The fourth-order valence-corrected chi connectivity index (χ4v) is 2.83. The highest BCUT2D eigenvalue weighted by Gasteiger charge is 2.28. The Morgan fingerprint density at radius 3 is 2.83 bits per heavy atom. The Hall–Kier alpha value is -1.91. The molecule has 2 heterocycles. The van der Waals surface area contributed by atoms with E-state index >= 15 is 0 Å². The number of rotatable bonds is 0. The molecule has 0 spiro atoms. The molecular weight excluding hydrogens is 228 g/mol. The molecule has 0 amide bonds. The molecule has 1 aliphatic rings. The van der Waals surface area contributed by atoms with Gasteiger partial charge in [-0.05, 0) is 19.3 Å². The number of nitrogens with zero attached hydrogens (tertiary/aromatic N) is 3. The molecule has 0 fully saturated rings. The van der Waals surface area contributed by atoms with Crippen LogP contribution in [0.25, 0.3) is 11.0 Å². The number of pyridine rings is 1. The van der Waals surface area contributed by atoms with Gasteiger partial charge in [0.05, 0.1) is 28.0 Å². The van der Waals surface area contributed by atoms with E-state index < -0.39 is 0 Å². The largest absolute Gasteiger partial charge is 0.397 e. The van der Waals surface area contributed by atoms with Crippen LogP contribution in [-0.2, 0) is 13.5 Å². The van der Waals surface area contributed by atoms with Crippen molar-refractivity contribution in [2.24, 2.45) is 13.0 Å². The van der Waals surface area contributed by atoms with Crippen molar-refractivity contribution in [2.75, 3.05) is 5.73 Å². The maximum Gasteiger partial charge on any atom is 0.167 e. The van der Waals surface area contributed by atoms with Gasteiger partial charge in [-0.15, -0.1) is 0 Å². The molecule has 1 aliphatic carbocycles. The van der Waals surface area contributed by atoms with Crippen LogP contribution in [0, 0.1) is 12.8 Å². The Morgan fingerprint density at radius 1 is 1.39 bits per heavy atom. The van der Waals surface area contributed by atoms with E-state index in [-0.39, 0.29) is 5.78 Å². The number of carbonyl (C=O) groups excluding carboxylic acids is 1. The molecule has 3 rings (SSSR count).